The highest BCUT2D eigenvalue weighted by Gasteiger charge is 2.52. The quantitative estimate of drug-likeness (QED) is 0.788. The van der Waals surface area contributed by atoms with E-state index in [-0.39, 0.29) is 11.2 Å². The highest BCUT2D eigenvalue weighted by molar-refractivity contribution is 6.65. The van der Waals surface area contributed by atoms with Crippen molar-refractivity contribution in [1.82, 2.24) is 0 Å². The van der Waals surface area contributed by atoms with Crippen LogP contribution < -0.4 is 5.46 Å². The van der Waals surface area contributed by atoms with Gasteiger partial charge in [-0.3, -0.25) is 0 Å². The Bertz CT molecular complexity index is 548. The van der Waals surface area contributed by atoms with Crippen molar-refractivity contribution in [3.8, 4) is 0 Å². The fourth-order valence-electron chi connectivity index (χ4n) is 2.24. The van der Waals surface area contributed by atoms with Gasteiger partial charge in [-0.05, 0) is 44.3 Å². The summed E-state index contributed by atoms with van der Waals surface area (Å²) in [7, 11) is -0.453. The Kier molecular flexibility index (Phi) is 3.89. The molecule has 20 heavy (non-hydrogen) atoms. The minimum Gasteiger partial charge on any atom is -0.399 e. The van der Waals surface area contributed by atoms with Gasteiger partial charge in [-0.1, -0.05) is 49.0 Å². The van der Waals surface area contributed by atoms with Gasteiger partial charge in [-0.15, -0.1) is 0 Å². The molecular formula is C16H20BClO2. The lowest BCUT2D eigenvalue weighted by molar-refractivity contribution is 0.00578. The minimum atomic E-state index is -0.453. The summed E-state index contributed by atoms with van der Waals surface area (Å²) in [5, 5.41) is 0.463. The van der Waals surface area contributed by atoms with E-state index in [0.29, 0.717) is 5.03 Å². The van der Waals surface area contributed by atoms with Crippen LogP contribution in [0.2, 0.25) is 0 Å². The molecule has 0 spiro atoms. The van der Waals surface area contributed by atoms with Crippen molar-refractivity contribution in [3.05, 3.63) is 42.5 Å². The molecule has 1 aliphatic rings. The van der Waals surface area contributed by atoms with Gasteiger partial charge in [0, 0.05) is 5.03 Å². The SMILES string of the molecule is C=Cc1cccc(B2OC(C)(C)C(C)(C)O2)c1C(=C)Cl. The van der Waals surface area contributed by atoms with Gasteiger partial charge in [-0.2, -0.15) is 0 Å². The molecular weight excluding hydrogens is 270 g/mol. The maximum absolute atomic E-state index is 6.16. The second-order valence-electron chi connectivity index (χ2n) is 6.01. The number of benzene rings is 1. The van der Waals surface area contributed by atoms with Crippen molar-refractivity contribution in [2.24, 2.45) is 0 Å². The van der Waals surface area contributed by atoms with Crippen LogP contribution in [0.1, 0.15) is 38.8 Å². The van der Waals surface area contributed by atoms with Gasteiger partial charge in [0.2, 0.25) is 0 Å². The molecule has 106 valence electrons. The molecule has 0 radical (unpaired) electrons. The fraction of sp³-hybridized carbons (Fsp3) is 0.375. The lowest BCUT2D eigenvalue weighted by Crippen LogP contribution is -2.41. The maximum Gasteiger partial charge on any atom is 0.495 e. The van der Waals surface area contributed by atoms with Gasteiger partial charge in [-0.25, -0.2) is 0 Å². The molecule has 1 aromatic rings. The zero-order chi connectivity index (χ0) is 15.1. The smallest absolute Gasteiger partial charge is 0.399 e. The predicted octanol–water partition coefficient (Wildman–Crippen LogP) is 3.84. The third-order valence-electron chi connectivity index (χ3n) is 4.13. The van der Waals surface area contributed by atoms with Crippen LogP contribution in [0.25, 0.3) is 11.1 Å². The fourth-order valence-corrected chi connectivity index (χ4v) is 2.46. The zero-order valence-electron chi connectivity index (χ0n) is 12.5. The van der Waals surface area contributed by atoms with Gasteiger partial charge in [0.05, 0.1) is 11.2 Å². The lowest BCUT2D eigenvalue weighted by atomic mass is 9.74. The van der Waals surface area contributed by atoms with E-state index in [1.807, 2.05) is 45.9 Å². The van der Waals surface area contributed by atoms with Crippen molar-refractivity contribution in [1.29, 1.82) is 0 Å². The van der Waals surface area contributed by atoms with Crippen LogP contribution in [0.5, 0.6) is 0 Å². The topological polar surface area (TPSA) is 18.5 Å². The number of rotatable bonds is 3. The molecule has 0 amide bonds. The normalized spacial score (nSPS) is 19.9. The summed E-state index contributed by atoms with van der Waals surface area (Å²) in [6.45, 7) is 15.8. The molecule has 1 saturated heterocycles. The molecule has 1 heterocycles. The van der Waals surface area contributed by atoms with Crippen molar-refractivity contribution in [3.63, 3.8) is 0 Å². The number of halogens is 1. The van der Waals surface area contributed by atoms with Crippen LogP contribution in [0.15, 0.2) is 31.4 Å². The van der Waals surface area contributed by atoms with E-state index in [9.17, 15) is 0 Å². The molecule has 0 N–H and O–H groups in total. The molecule has 1 aliphatic heterocycles. The van der Waals surface area contributed by atoms with E-state index in [0.717, 1.165) is 16.6 Å². The Morgan fingerprint density at radius 3 is 2.20 bits per heavy atom. The molecule has 4 heteroatoms. The standard InChI is InChI=1S/C16H20BClO2/c1-7-12-9-8-10-13(14(12)11(2)18)17-19-15(3,4)16(5,6)20-17/h7-10H,1-2H2,3-6H3. The Balaban J connectivity index is 2.50. The second-order valence-corrected chi connectivity index (χ2v) is 6.46. The van der Waals surface area contributed by atoms with Crippen LogP contribution in [0.4, 0.5) is 0 Å². The first kappa shape index (κ1) is 15.4. The van der Waals surface area contributed by atoms with E-state index in [2.05, 4.69) is 13.2 Å². The van der Waals surface area contributed by atoms with E-state index in [1.54, 1.807) is 6.08 Å². The Labute approximate surface area is 126 Å². The van der Waals surface area contributed by atoms with Gasteiger partial charge in [0.25, 0.3) is 0 Å². The van der Waals surface area contributed by atoms with E-state index in [4.69, 9.17) is 20.9 Å². The summed E-state index contributed by atoms with van der Waals surface area (Å²) in [5.74, 6) is 0. The summed E-state index contributed by atoms with van der Waals surface area (Å²) in [4.78, 5) is 0. The first-order valence-electron chi connectivity index (χ1n) is 6.65. The largest absolute Gasteiger partial charge is 0.495 e. The van der Waals surface area contributed by atoms with Crippen molar-refractivity contribution >= 4 is 35.3 Å². The molecule has 1 aromatic carbocycles. The number of hydrogen-bond donors (Lipinski definition) is 0. The van der Waals surface area contributed by atoms with Crippen molar-refractivity contribution in [2.45, 2.75) is 38.9 Å². The van der Waals surface area contributed by atoms with Crippen LogP contribution in [0.3, 0.4) is 0 Å². The molecule has 1 fully saturated rings. The Hall–Kier alpha value is -1.03. The average molecular weight is 291 g/mol. The van der Waals surface area contributed by atoms with Gasteiger partial charge in [0.15, 0.2) is 0 Å². The van der Waals surface area contributed by atoms with Crippen molar-refractivity contribution < 1.29 is 9.31 Å². The highest BCUT2D eigenvalue weighted by Crippen LogP contribution is 2.37. The molecule has 0 atom stereocenters. The number of hydrogen-bond acceptors (Lipinski definition) is 2. The highest BCUT2D eigenvalue weighted by atomic mass is 35.5. The Morgan fingerprint density at radius 1 is 1.20 bits per heavy atom. The van der Waals surface area contributed by atoms with Crippen molar-refractivity contribution in [2.75, 3.05) is 0 Å². The van der Waals surface area contributed by atoms with Crippen LogP contribution in [-0.2, 0) is 9.31 Å². The Morgan fingerprint density at radius 2 is 1.75 bits per heavy atom. The summed E-state index contributed by atoms with van der Waals surface area (Å²) in [6, 6.07) is 5.85. The van der Waals surface area contributed by atoms with E-state index in [1.165, 1.54) is 0 Å². The summed E-state index contributed by atoms with van der Waals surface area (Å²) >= 11 is 6.16. The third-order valence-corrected chi connectivity index (χ3v) is 4.32. The summed E-state index contributed by atoms with van der Waals surface area (Å²) in [5.41, 5.74) is 1.89. The molecule has 0 unspecified atom stereocenters. The van der Waals surface area contributed by atoms with Crippen LogP contribution >= 0.6 is 11.6 Å². The monoisotopic (exact) mass is 290 g/mol. The first-order valence-corrected chi connectivity index (χ1v) is 7.03. The summed E-state index contributed by atoms with van der Waals surface area (Å²) in [6.07, 6.45) is 1.76. The van der Waals surface area contributed by atoms with E-state index < -0.39 is 7.12 Å². The molecule has 0 saturated carbocycles. The van der Waals surface area contributed by atoms with Gasteiger partial charge in [0.1, 0.15) is 0 Å². The molecule has 0 aromatic heterocycles. The zero-order valence-corrected chi connectivity index (χ0v) is 13.3. The van der Waals surface area contributed by atoms with Crippen LogP contribution in [0, 0.1) is 0 Å². The lowest BCUT2D eigenvalue weighted by Gasteiger charge is -2.32. The maximum atomic E-state index is 6.16. The molecule has 2 nitrogen and oxygen atoms in total. The predicted molar refractivity (Wildman–Crippen MR) is 87.1 cm³/mol. The third kappa shape index (κ3) is 2.46. The van der Waals surface area contributed by atoms with Crippen LogP contribution in [-0.4, -0.2) is 18.3 Å². The molecule has 0 bridgehead atoms. The first-order chi connectivity index (χ1) is 9.19. The minimum absolute atomic E-state index is 0.382. The second kappa shape index (κ2) is 5.07. The van der Waals surface area contributed by atoms with Gasteiger partial charge >= 0.3 is 7.12 Å². The van der Waals surface area contributed by atoms with E-state index >= 15 is 0 Å². The summed E-state index contributed by atoms with van der Waals surface area (Å²) < 4.78 is 12.2. The molecule has 2 rings (SSSR count). The van der Waals surface area contributed by atoms with Gasteiger partial charge < -0.3 is 9.31 Å². The molecule has 0 aliphatic carbocycles. The average Bonchev–Trinajstić information content (AvgIpc) is 2.57.